The van der Waals surface area contributed by atoms with Crippen LogP contribution in [0.5, 0.6) is 0 Å². The fourth-order valence-electron chi connectivity index (χ4n) is 1.97. The molecular weight excluding hydrogens is 248 g/mol. The first-order valence-corrected chi connectivity index (χ1v) is 5.98. The van der Waals surface area contributed by atoms with Crippen molar-refractivity contribution in [3.05, 3.63) is 17.5 Å². The van der Waals surface area contributed by atoms with E-state index in [9.17, 15) is 9.59 Å². The number of aryl methyl sites for hydroxylation is 2. The molecule has 1 amide bonds. The minimum atomic E-state index is -0.433. The molecule has 1 N–H and O–H groups in total. The number of esters is 1. The highest BCUT2D eigenvalue weighted by molar-refractivity contribution is 5.96. The van der Waals surface area contributed by atoms with E-state index in [2.05, 4.69) is 20.1 Å². The molecular formula is C12H16N4O3. The van der Waals surface area contributed by atoms with Gasteiger partial charge in [0.1, 0.15) is 0 Å². The summed E-state index contributed by atoms with van der Waals surface area (Å²) in [4.78, 5) is 31.8. The zero-order chi connectivity index (χ0) is 14.0. The molecule has 1 saturated heterocycles. The number of rotatable bonds is 3. The van der Waals surface area contributed by atoms with Gasteiger partial charge < -0.3 is 4.74 Å². The summed E-state index contributed by atoms with van der Waals surface area (Å²) in [6.45, 7) is 4.06. The molecule has 0 bridgehead atoms. The van der Waals surface area contributed by atoms with E-state index in [0.717, 1.165) is 11.4 Å². The first kappa shape index (κ1) is 13.4. The second-order valence-corrected chi connectivity index (χ2v) is 4.46. The van der Waals surface area contributed by atoms with E-state index in [-0.39, 0.29) is 12.3 Å². The molecule has 1 aliphatic heterocycles. The minimum Gasteiger partial charge on any atom is -0.469 e. The van der Waals surface area contributed by atoms with Crippen LogP contribution >= 0.6 is 0 Å². The lowest BCUT2D eigenvalue weighted by molar-refractivity contribution is -0.143. The van der Waals surface area contributed by atoms with E-state index in [1.807, 2.05) is 19.9 Å². The summed E-state index contributed by atoms with van der Waals surface area (Å²) in [7, 11) is 1.31. The molecule has 1 aromatic rings. The molecule has 2 heterocycles. The van der Waals surface area contributed by atoms with Crippen LogP contribution in [0.2, 0.25) is 0 Å². The molecule has 7 nitrogen and oxygen atoms in total. The Morgan fingerprint density at radius 2 is 2.11 bits per heavy atom. The minimum absolute atomic E-state index is 0.0592. The Morgan fingerprint density at radius 1 is 1.47 bits per heavy atom. The molecule has 0 aliphatic carbocycles. The van der Waals surface area contributed by atoms with Gasteiger partial charge in [0, 0.05) is 17.9 Å². The third-order valence-electron chi connectivity index (χ3n) is 2.88. The first-order valence-electron chi connectivity index (χ1n) is 5.98. The third kappa shape index (κ3) is 2.87. The number of nitrogens with zero attached hydrogens (tertiary/aromatic N) is 3. The maximum absolute atomic E-state index is 12.2. The van der Waals surface area contributed by atoms with Gasteiger partial charge in [-0.2, -0.15) is 0 Å². The lowest BCUT2D eigenvalue weighted by atomic mass is 10.1. The summed E-state index contributed by atoms with van der Waals surface area (Å²) in [6.07, 6.45) is 0.0592. The quantitative estimate of drug-likeness (QED) is 0.781. The molecule has 0 radical (unpaired) electrons. The molecule has 2 rings (SSSR count). The van der Waals surface area contributed by atoms with Crippen molar-refractivity contribution in [2.45, 2.75) is 20.3 Å². The Bertz CT molecular complexity index is 497. The number of carbonyl (C=O) groups is 2. The van der Waals surface area contributed by atoms with Crippen LogP contribution in [0.15, 0.2) is 6.07 Å². The zero-order valence-corrected chi connectivity index (χ0v) is 11.1. The van der Waals surface area contributed by atoms with E-state index in [0.29, 0.717) is 12.5 Å². The highest BCUT2D eigenvalue weighted by atomic mass is 16.5. The highest BCUT2D eigenvalue weighted by Gasteiger charge is 2.35. The fraction of sp³-hybridized carbons (Fsp3) is 0.500. The number of hydrogen-bond acceptors (Lipinski definition) is 6. The smallest absolute Gasteiger partial charge is 0.306 e. The van der Waals surface area contributed by atoms with Crippen LogP contribution in [-0.4, -0.2) is 35.5 Å². The predicted octanol–water partition coefficient (Wildman–Crippen LogP) is 0.124. The van der Waals surface area contributed by atoms with Crippen molar-refractivity contribution in [1.29, 1.82) is 0 Å². The second-order valence-electron chi connectivity index (χ2n) is 4.46. The van der Waals surface area contributed by atoms with Gasteiger partial charge >= 0.3 is 5.97 Å². The monoisotopic (exact) mass is 264 g/mol. The van der Waals surface area contributed by atoms with Crippen molar-refractivity contribution in [2.75, 3.05) is 18.7 Å². The SMILES string of the molecule is COC(=O)CC1CNN(c2nc(C)cc(C)n2)C1=O. The zero-order valence-electron chi connectivity index (χ0n) is 11.1. The number of aromatic nitrogens is 2. The number of nitrogens with one attached hydrogen (secondary N) is 1. The molecule has 1 aliphatic rings. The molecule has 102 valence electrons. The Kier molecular flexibility index (Phi) is 3.75. The molecule has 1 unspecified atom stereocenters. The largest absolute Gasteiger partial charge is 0.469 e. The fourth-order valence-corrected chi connectivity index (χ4v) is 1.97. The van der Waals surface area contributed by atoms with Crippen molar-refractivity contribution in [2.24, 2.45) is 5.92 Å². The Balaban J connectivity index is 2.15. The number of ether oxygens (including phenoxy) is 1. The van der Waals surface area contributed by atoms with Crippen LogP contribution in [-0.2, 0) is 14.3 Å². The molecule has 0 spiro atoms. The third-order valence-corrected chi connectivity index (χ3v) is 2.88. The summed E-state index contributed by atoms with van der Waals surface area (Å²) in [5.74, 6) is -0.731. The Labute approximate surface area is 111 Å². The number of anilines is 1. The van der Waals surface area contributed by atoms with Crippen LogP contribution in [0.3, 0.4) is 0 Å². The van der Waals surface area contributed by atoms with Gasteiger partial charge in [-0.05, 0) is 19.9 Å². The Hall–Kier alpha value is -2.02. The molecule has 0 aromatic carbocycles. The van der Waals surface area contributed by atoms with E-state index in [4.69, 9.17) is 0 Å². The van der Waals surface area contributed by atoms with Gasteiger partial charge in [-0.15, -0.1) is 0 Å². The molecule has 7 heteroatoms. The topological polar surface area (TPSA) is 84.4 Å². The summed E-state index contributed by atoms with van der Waals surface area (Å²) >= 11 is 0. The van der Waals surface area contributed by atoms with Gasteiger partial charge in [-0.1, -0.05) is 0 Å². The summed E-state index contributed by atoms with van der Waals surface area (Å²) in [5, 5.41) is 1.30. The lowest BCUT2D eigenvalue weighted by Crippen LogP contribution is -2.36. The molecule has 1 atom stereocenters. The second kappa shape index (κ2) is 5.31. The van der Waals surface area contributed by atoms with Crippen molar-refractivity contribution in [3.63, 3.8) is 0 Å². The standard InChI is InChI=1S/C12H16N4O3/c1-7-4-8(2)15-12(14-7)16-11(18)9(6-13-16)5-10(17)19-3/h4,9,13H,5-6H2,1-3H3. The van der Waals surface area contributed by atoms with Gasteiger partial charge in [0.05, 0.1) is 19.4 Å². The molecule has 1 aromatic heterocycles. The van der Waals surface area contributed by atoms with E-state index < -0.39 is 11.9 Å². The van der Waals surface area contributed by atoms with Gasteiger partial charge in [-0.25, -0.2) is 20.4 Å². The van der Waals surface area contributed by atoms with Crippen molar-refractivity contribution in [3.8, 4) is 0 Å². The molecule has 0 saturated carbocycles. The lowest BCUT2D eigenvalue weighted by Gasteiger charge is -2.14. The van der Waals surface area contributed by atoms with Gasteiger partial charge in [0.15, 0.2) is 0 Å². The molecule has 19 heavy (non-hydrogen) atoms. The summed E-state index contributed by atoms with van der Waals surface area (Å²) < 4.78 is 4.57. The predicted molar refractivity (Wildman–Crippen MR) is 67.1 cm³/mol. The van der Waals surface area contributed by atoms with Crippen LogP contribution < -0.4 is 10.4 Å². The Morgan fingerprint density at radius 3 is 2.68 bits per heavy atom. The van der Waals surface area contributed by atoms with Crippen LogP contribution in [0, 0.1) is 19.8 Å². The first-order chi connectivity index (χ1) is 9.01. The van der Waals surface area contributed by atoms with E-state index in [1.165, 1.54) is 12.1 Å². The highest BCUT2D eigenvalue weighted by Crippen LogP contribution is 2.18. The van der Waals surface area contributed by atoms with Crippen molar-refractivity contribution >= 4 is 17.8 Å². The summed E-state index contributed by atoms with van der Waals surface area (Å²) in [5.41, 5.74) is 4.48. The normalized spacial score (nSPS) is 18.8. The van der Waals surface area contributed by atoms with E-state index >= 15 is 0 Å². The number of hydrogen-bond donors (Lipinski definition) is 1. The van der Waals surface area contributed by atoms with Gasteiger partial charge in [0.25, 0.3) is 0 Å². The van der Waals surface area contributed by atoms with Gasteiger partial charge in [0.2, 0.25) is 11.9 Å². The number of carbonyl (C=O) groups excluding carboxylic acids is 2. The van der Waals surface area contributed by atoms with Crippen LogP contribution in [0.1, 0.15) is 17.8 Å². The van der Waals surface area contributed by atoms with Crippen LogP contribution in [0.4, 0.5) is 5.95 Å². The maximum atomic E-state index is 12.2. The summed E-state index contributed by atoms with van der Waals surface area (Å²) in [6, 6.07) is 1.83. The average molecular weight is 264 g/mol. The average Bonchev–Trinajstić information content (AvgIpc) is 2.69. The number of hydrazine groups is 1. The van der Waals surface area contributed by atoms with E-state index in [1.54, 1.807) is 0 Å². The number of amides is 1. The van der Waals surface area contributed by atoms with Gasteiger partial charge in [-0.3, -0.25) is 9.59 Å². The maximum Gasteiger partial charge on any atom is 0.306 e. The van der Waals surface area contributed by atoms with Crippen LogP contribution in [0.25, 0.3) is 0 Å². The van der Waals surface area contributed by atoms with Crippen molar-refractivity contribution < 1.29 is 14.3 Å². The molecule has 1 fully saturated rings. The van der Waals surface area contributed by atoms with Crippen molar-refractivity contribution in [1.82, 2.24) is 15.4 Å². The number of methoxy groups -OCH3 is 1.